The molecule has 12 N–H and O–H groups in total. The second-order valence-electron chi connectivity index (χ2n) is 23.6. The maximum absolute atomic E-state index is 13.4. The van der Waals surface area contributed by atoms with Gasteiger partial charge in [-0.3, -0.25) is 4.79 Å². The third-order valence-corrected chi connectivity index (χ3v) is 16.3. The van der Waals surface area contributed by atoms with E-state index in [1.54, 1.807) is 6.08 Å². The number of carbonyl (C=O) groups excluding carboxylic acids is 1. The molecule has 1 amide bonds. The molecule has 0 saturated carbocycles. The highest BCUT2D eigenvalue weighted by Gasteiger charge is 2.53. The van der Waals surface area contributed by atoms with Crippen LogP contribution < -0.4 is 5.32 Å². The van der Waals surface area contributed by atoms with Crippen LogP contribution in [0.1, 0.15) is 219 Å². The summed E-state index contributed by atoms with van der Waals surface area (Å²) in [5.41, 5.74) is 0. The lowest BCUT2D eigenvalue weighted by molar-refractivity contribution is -0.379. The maximum Gasteiger partial charge on any atom is 0.220 e. The van der Waals surface area contributed by atoms with Gasteiger partial charge in [-0.2, -0.15) is 0 Å². The van der Waals surface area contributed by atoms with Crippen molar-refractivity contribution in [1.82, 2.24) is 5.32 Å². The van der Waals surface area contributed by atoms with E-state index in [0.717, 1.165) is 70.6 Å². The molecular formula is C66H117NO18. The first kappa shape index (κ1) is 76.7. The van der Waals surface area contributed by atoms with E-state index in [-0.39, 0.29) is 18.9 Å². The van der Waals surface area contributed by atoms with Crippen molar-refractivity contribution >= 4 is 5.91 Å². The third kappa shape index (κ3) is 31.2. The van der Waals surface area contributed by atoms with Gasteiger partial charge in [-0.05, 0) is 70.6 Å². The second-order valence-corrected chi connectivity index (χ2v) is 23.6. The van der Waals surface area contributed by atoms with Gasteiger partial charge in [-0.1, -0.05) is 203 Å². The lowest BCUT2D eigenvalue weighted by atomic mass is 9.96. The van der Waals surface area contributed by atoms with E-state index in [4.69, 9.17) is 28.4 Å². The van der Waals surface area contributed by atoms with Crippen molar-refractivity contribution in [3.8, 4) is 0 Å². The Bertz CT molecular complexity index is 1780. The van der Waals surface area contributed by atoms with Crippen LogP contribution in [0.5, 0.6) is 0 Å². The van der Waals surface area contributed by atoms with Crippen molar-refractivity contribution in [3.05, 3.63) is 60.8 Å². The Morgan fingerprint density at radius 1 is 0.424 bits per heavy atom. The quantitative estimate of drug-likeness (QED) is 0.0206. The highest BCUT2D eigenvalue weighted by molar-refractivity contribution is 5.76. The molecule has 19 nitrogen and oxygen atoms in total. The molecule has 3 rings (SSSR count). The smallest absolute Gasteiger partial charge is 0.220 e. The number of nitrogens with one attached hydrogen (secondary N) is 1. The predicted octanol–water partition coefficient (Wildman–Crippen LogP) is 7.60. The summed E-state index contributed by atoms with van der Waals surface area (Å²) in [6.45, 7) is 1.69. The molecule has 3 heterocycles. The number of carbonyl (C=O) groups is 1. The number of hydrogen-bond acceptors (Lipinski definition) is 18. The van der Waals surface area contributed by atoms with Crippen molar-refractivity contribution in [2.24, 2.45) is 0 Å². The van der Waals surface area contributed by atoms with Crippen molar-refractivity contribution in [1.29, 1.82) is 0 Å². The third-order valence-electron chi connectivity index (χ3n) is 16.3. The van der Waals surface area contributed by atoms with Crippen molar-refractivity contribution in [3.63, 3.8) is 0 Å². The first-order valence-corrected chi connectivity index (χ1v) is 33.0. The molecule has 85 heavy (non-hydrogen) atoms. The minimum Gasteiger partial charge on any atom is -0.394 e. The van der Waals surface area contributed by atoms with Crippen molar-refractivity contribution in [2.45, 2.75) is 324 Å². The number of rotatable bonds is 49. The summed E-state index contributed by atoms with van der Waals surface area (Å²) in [6, 6.07) is -1.000. The number of aliphatic hydroxyl groups excluding tert-OH is 11. The Kier molecular flexibility index (Phi) is 43.7. The molecule has 0 aliphatic carbocycles. The molecule has 3 fully saturated rings. The molecule has 0 bridgehead atoms. The molecule has 0 radical (unpaired) electrons. The van der Waals surface area contributed by atoms with E-state index in [0.29, 0.717) is 12.8 Å². The van der Waals surface area contributed by atoms with Crippen molar-refractivity contribution in [2.75, 3.05) is 26.4 Å². The first-order chi connectivity index (χ1) is 41.3. The molecule has 0 aromatic carbocycles. The summed E-state index contributed by atoms with van der Waals surface area (Å²) in [4.78, 5) is 13.4. The average molecular weight is 1210 g/mol. The average Bonchev–Trinajstić information content (AvgIpc) is 3.10. The van der Waals surface area contributed by atoms with Gasteiger partial charge >= 0.3 is 0 Å². The SMILES string of the molecule is CCCCCCC/C=C\C/C=C\C/C=C\CCCCCCCCC(=O)NC(COC1OC(CO)C(OC2OC(CO)C(OC3OC(CO)C(O)C(O)C3O)C(O)C2O)C(O)C1O)C(O)/C=C/CC/C=C/CCCCCCCCCCCCCCC. The lowest BCUT2D eigenvalue weighted by Gasteiger charge is -2.48. The molecule has 17 atom stereocenters. The second kappa shape index (κ2) is 48.4. The van der Waals surface area contributed by atoms with Gasteiger partial charge in [0.25, 0.3) is 0 Å². The van der Waals surface area contributed by atoms with Gasteiger partial charge in [0.15, 0.2) is 18.9 Å². The van der Waals surface area contributed by atoms with Gasteiger partial charge in [-0.25, -0.2) is 0 Å². The Morgan fingerprint density at radius 2 is 0.788 bits per heavy atom. The topological polar surface area (TPSA) is 307 Å². The summed E-state index contributed by atoms with van der Waals surface area (Å²) in [5, 5.41) is 120. The minimum atomic E-state index is -1.98. The van der Waals surface area contributed by atoms with E-state index >= 15 is 0 Å². The summed E-state index contributed by atoms with van der Waals surface area (Å²) in [7, 11) is 0. The maximum atomic E-state index is 13.4. The summed E-state index contributed by atoms with van der Waals surface area (Å²) < 4.78 is 34.3. The number of ether oxygens (including phenoxy) is 6. The number of amides is 1. The van der Waals surface area contributed by atoms with E-state index in [1.165, 1.54) is 116 Å². The van der Waals surface area contributed by atoms with Crippen LogP contribution in [0.25, 0.3) is 0 Å². The molecule has 0 aromatic rings. The first-order valence-electron chi connectivity index (χ1n) is 33.0. The lowest BCUT2D eigenvalue weighted by Crippen LogP contribution is -2.66. The summed E-state index contributed by atoms with van der Waals surface area (Å²) in [5.74, 6) is -0.299. The van der Waals surface area contributed by atoms with Crippen molar-refractivity contribution < 1.29 is 89.4 Å². The summed E-state index contributed by atoms with van der Waals surface area (Å²) in [6.07, 6.45) is 30.5. The predicted molar refractivity (Wildman–Crippen MR) is 328 cm³/mol. The molecule has 0 aromatic heterocycles. The molecular weight excluding hydrogens is 1090 g/mol. The zero-order valence-electron chi connectivity index (χ0n) is 51.8. The van der Waals surface area contributed by atoms with Crippen LogP contribution in [0.2, 0.25) is 0 Å². The molecule has 0 spiro atoms. The monoisotopic (exact) mass is 1210 g/mol. The summed E-state index contributed by atoms with van der Waals surface area (Å²) >= 11 is 0. The number of unbranched alkanes of at least 4 members (excludes halogenated alkanes) is 25. The highest BCUT2D eigenvalue weighted by Crippen LogP contribution is 2.33. The van der Waals surface area contributed by atoms with Crippen LogP contribution in [0.3, 0.4) is 0 Å². The Balaban J connectivity index is 1.49. The van der Waals surface area contributed by atoms with Crippen LogP contribution in [-0.4, -0.2) is 193 Å². The van der Waals surface area contributed by atoms with E-state index in [1.807, 2.05) is 6.08 Å². The van der Waals surface area contributed by atoms with Crippen LogP contribution in [0, 0.1) is 0 Å². The molecule has 3 aliphatic heterocycles. The van der Waals surface area contributed by atoms with Gasteiger partial charge in [0.05, 0.1) is 38.6 Å². The van der Waals surface area contributed by atoms with Gasteiger partial charge in [0, 0.05) is 6.42 Å². The highest BCUT2D eigenvalue weighted by atomic mass is 16.8. The fourth-order valence-corrected chi connectivity index (χ4v) is 10.9. The molecule has 19 heteroatoms. The van der Waals surface area contributed by atoms with Gasteiger partial charge in [0.2, 0.25) is 5.91 Å². The Morgan fingerprint density at radius 3 is 1.26 bits per heavy atom. The molecule has 17 unspecified atom stereocenters. The fraction of sp³-hybridized carbons (Fsp3) is 0.833. The molecule has 494 valence electrons. The molecule has 3 saturated heterocycles. The van der Waals surface area contributed by atoms with Gasteiger partial charge < -0.3 is 89.9 Å². The van der Waals surface area contributed by atoms with Crippen LogP contribution in [0.15, 0.2) is 60.8 Å². The van der Waals surface area contributed by atoms with E-state index < -0.39 is 124 Å². The zero-order valence-corrected chi connectivity index (χ0v) is 51.8. The van der Waals surface area contributed by atoms with E-state index in [9.17, 15) is 61.0 Å². The van der Waals surface area contributed by atoms with Crippen LogP contribution >= 0.6 is 0 Å². The van der Waals surface area contributed by atoms with E-state index in [2.05, 4.69) is 67.8 Å². The Hall–Kier alpha value is -2.51. The van der Waals surface area contributed by atoms with Crippen LogP contribution in [-0.2, 0) is 33.2 Å². The van der Waals surface area contributed by atoms with Gasteiger partial charge in [0.1, 0.15) is 73.2 Å². The van der Waals surface area contributed by atoms with Gasteiger partial charge in [-0.15, -0.1) is 0 Å². The fourth-order valence-electron chi connectivity index (χ4n) is 10.9. The molecule has 3 aliphatic rings. The zero-order chi connectivity index (χ0) is 61.9. The Labute approximate surface area is 509 Å². The normalized spacial score (nSPS) is 29.4. The number of aliphatic hydroxyl groups is 11. The van der Waals surface area contributed by atoms with Crippen LogP contribution in [0.4, 0.5) is 0 Å². The largest absolute Gasteiger partial charge is 0.394 e. The number of hydrogen-bond donors (Lipinski definition) is 12. The number of allylic oxidation sites excluding steroid dienone is 9. The minimum absolute atomic E-state index is 0.219. The standard InChI is InChI=1S/C66H117NO18/c1-3-5-7-9-11-13-15-17-19-21-23-24-26-28-30-32-34-36-38-40-42-44-54(72)67-49(50(71)43-41-39-37-35-33-31-29-27-25-22-20-18-16-14-12-10-8-6-4-2)48-80-64-60(78)57(75)62(52(46-69)82-64)85-66-61(79)58(76)63(53(47-70)83-66)84-65-59(77)56(74)55(73)51(45-68)81-65/h15,17,21,23,26,28,33,35,41,43,49-53,55-66,68-71,73-79H,3-14,16,18-20,22,24-25,27,29-32,34,36-40,42,44-48H2,1-2H3,(H,67,72)/b17-15-,23-21-,28-26-,35-33+,43-41+.